The van der Waals surface area contributed by atoms with Crippen LogP contribution in [0.4, 0.5) is 5.69 Å². The minimum absolute atomic E-state index is 0.0329. The van der Waals surface area contributed by atoms with Crippen molar-refractivity contribution in [2.45, 2.75) is 26.3 Å². The molecule has 1 saturated heterocycles. The molecule has 1 fully saturated rings. The Kier molecular flexibility index (Phi) is 7.40. The van der Waals surface area contributed by atoms with Crippen LogP contribution in [0.15, 0.2) is 78.9 Å². The van der Waals surface area contributed by atoms with Crippen molar-refractivity contribution in [3.8, 4) is 0 Å². The lowest BCUT2D eigenvalue weighted by Gasteiger charge is -2.36. The number of carbonyl (C=O) groups is 2. The standard InChI is InChI=1S/C28H31N3O2/c1-22-6-5-9-26(20-22)30-16-18-31(19-17-30)28(33)25-13-10-24(11-14-25)21-29-27(32)15-12-23-7-3-2-4-8-23/h2-11,13-14,20H,12,15-19,21H2,1H3,(H,29,32). The van der Waals surface area contributed by atoms with Crippen molar-refractivity contribution in [3.63, 3.8) is 0 Å². The molecule has 0 saturated carbocycles. The zero-order chi connectivity index (χ0) is 23.0. The summed E-state index contributed by atoms with van der Waals surface area (Å²) < 4.78 is 0. The summed E-state index contributed by atoms with van der Waals surface area (Å²) in [5.74, 6) is 0.0998. The van der Waals surface area contributed by atoms with E-state index in [1.807, 2.05) is 59.5 Å². The number of nitrogens with one attached hydrogen (secondary N) is 1. The van der Waals surface area contributed by atoms with Crippen molar-refractivity contribution in [1.82, 2.24) is 10.2 Å². The van der Waals surface area contributed by atoms with E-state index in [0.29, 0.717) is 31.6 Å². The average molecular weight is 442 g/mol. The SMILES string of the molecule is Cc1cccc(N2CCN(C(=O)c3ccc(CNC(=O)CCc4ccccc4)cc3)CC2)c1. The van der Waals surface area contributed by atoms with Gasteiger partial charge >= 0.3 is 0 Å². The predicted octanol–water partition coefficient (Wildman–Crippen LogP) is 4.21. The largest absolute Gasteiger partial charge is 0.368 e. The number of rotatable bonds is 7. The fraction of sp³-hybridized carbons (Fsp3) is 0.286. The molecule has 0 spiro atoms. The summed E-state index contributed by atoms with van der Waals surface area (Å²) in [4.78, 5) is 29.3. The minimum Gasteiger partial charge on any atom is -0.368 e. The maximum atomic E-state index is 12.9. The zero-order valence-electron chi connectivity index (χ0n) is 19.2. The average Bonchev–Trinajstić information content (AvgIpc) is 2.87. The Bertz CT molecular complexity index is 1070. The number of hydrogen-bond donors (Lipinski definition) is 1. The van der Waals surface area contributed by atoms with Crippen molar-refractivity contribution in [2.24, 2.45) is 0 Å². The van der Waals surface area contributed by atoms with Crippen molar-refractivity contribution in [1.29, 1.82) is 0 Å². The molecule has 1 aliphatic heterocycles. The third-order valence-electron chi connectivity index (χ3n) is 6.11. The second kappa shape index (κ2) is 10.8. The molecule has 5 nitrogen and oxygen atoms in total. The van der Waals surface area contributed by atoms with Crippen molar-refractivity contribution in [3.05, 3.63) is 101 Å². The number of piperazine rings is 1. The highest BCUT2D eigenvalue weighted by Gasteiger charge is 2.22. The van der Waals surface area contributed by atoms with Crippen molar-refractivity contribution < 1.29 is 9.59 Å². The first-order chi connectivity index (χ1) is 16.1. The molecule has 0 atom stereocenters. The Hall–Kier alpha value is -3.60. The Morgan fingerprint density at radius 3 is 2.24 bits per heavy atom. The summed E-state index contributed by atoms with van der Waals surface area (Å²) in [6, 6.07) is 26.1. The molecule has 0 aromatic heterocycles. The van der Waals surface area contributed by atoms with Crippen LogP contribution in [0.5, 0.6) is 0 Å². The summed E-state index contributed by atoms with van der Waals surface area (Å²) >= 11 is 0. The first-order valence-corrected chi connectivity index (χ1v) is 11.6. The molecular formula is C28H31N3O2. The van der Waals surface area contributed by atoms with E-state index in [2.05, 4.69) is 41.4 Å². The molecule has 3 aromatic rings. The Labute approximate surface area is 196 Å². The molecule has 0 bridgehead atoms. The molecule has 4 rings (SSSR count). The van der Waals surface area contributed by atoms with Crippen LogP contribution in [-0.4, -0.2) is 42.9 Å². The molecule has 0 radical (unpaired) electrons. The smallest absolute Gasteiger partial charge is 0.253 e. The summed E-state index contributed by atoms with van der Waals surface area (Å²) in [6.45, 7) is 5.67. The maximum absolute atomic E-state index is 12.9. The van der Waals surface area contributed by atoms with Crippen LogP contribution >= 0.6 is 0 Å². The van der Waals surface area contributed by atoms with Crippen molar-refractivity contribution in [2.75, 3.05) is 31.1 Å². The number of nitrogens with zero attached hydrogens (tertiary/aromatic N) is 2. The van der Waals surface area contributed by atoms with Crippen LogP contribution in [0.3, 0.4) is 0 Å². The van der Waals surface area contributed by atoms with E-state index < -0.39 is 0 Å². The van der Waals surface area contributed by atoms with Gasteiger partial charge in [0.05, 0.1) is 0 Å². The minimum atomic E-state index is 0.0329. The highest BCUT2D eigenvalue weighted by molar-refractivity contribution is 5.94. The summed E-state index contributed by atoms with van der Waals surface area (Å²) in [5.41, 5.74) is 5.31. The topological polar surface area (TPSA) is 52.6 Å². The number of carbonyl (C=O) groups excluding carboxylic acids is 2. The number of benzene rings is 3. The van der Waals surface area contributed by atoms with Gasteiger partial charge < -0.3 is 15.1 Å². The highest BCUT2D eigenvalue weighted by Crippen LogP contribution is 2.19. The van der Waals surface area contributed by atoms with E-state index in [1.165, 1.54) is 11.3 Å². The van der Waals surface area contributed by atoms with Gasteiger partial charge in [-0.3, -0.25) is 9.59 Å². The van der Waals surface area contributed by atoms with Crippen LogP contribution in [0.2, 0.25) is 0 Å². The van der Waals surface area contributed by atoms with Gasteiger partial charge in [0.2, 0.25) is 5.91 Å². The highest BCUT2D eigenvalue weighted by atomic mass is 16.2. The van der Waals surface area contributed by atoms with E-state index in [-0.39, 0.29) is 11.8 Å². The number of aryl methyl sites for hydroxylation is 2. The molecule has 0 unspecified atom stereocenters. The van der Waals surface area contributed by atoms with Gasteiger partial charge in [-0.15, -0.1) is 0 Å². The Morgan fingerprint density at radius 2 is 1.55 bits per heavy atom. The zero-order valence-corrected chi connectivity index (χ0v) is 19.2. The summed E-state index contributed by atoms with van der Waals surface area (Å²) in [7, 11) is 0. The molecule has 0 aliphatic carbocycles. The van der Waals surface area contributed by atoms with Gasteiger partial charge in [0.15, 0.2) is 0 Å². The molecular weight excluding hydrogens is 410 g/mol. The van der Waals surface area contributed by atoms with E-state index in [9.17, 15) is 9.59 Å². The normalized spacial score (nSPS) is 13.6. The van der Waals surface area contributed by atoms with Gasteiger partial charge in [0.1, 0.15) is 0 Å². The molecule has 1 aliphatic rings. The van der Waals surface area contributed by atoms with Gasteiger partial charge in [-0.05, 0) is 54.3 Å². The third-order valence-corrected chi connectivity index (χ3v) is 6.11. The molecule has 1 heterocycles. The molecule has 33 heavy (non-hydrogen) atoms. The predicted molar refractivity (Wildman–Crippen MR) is 132 cm³/mol. The Balaban J connectivity index is 1.23. The second-order valence-corrected chi connectivity index (χ2v) is 8.58. The lowest BCUT2D eigenvalue weighted by Crippen LogP contribution is -2.48. The number of amides is 2. The van der Waals surface area contributed by atoms with Gasteiger partial charge in [-0.1, -0.05) is 54.6 Å². The number of anilines is 1. The molecule has 5 heteroatoms. The van der Waals surface area contributed by atoms with E-state index in [0.717, 1.165) is 30.6 Å². The Morgan fingerprint density at radius 1 is 0.818 bits per heavy atom. The van der Waals surface area contributed by atoms with Crippen LogP contribution in [0.25, 0.3) is 0 Å². The van der Waals surface area contributed by atoms with Gasteiger partial charge in [-0.25, -0.2) is 0 Å². The second-order valence-electron chi connectivity index (χ2n) is 8.58. The first-order valence-electron chi connectivity index (χ1n) is 11.6. The van der Waals surface area contributed by atoms with E-state index >= 15 is 0 Å². The van der Waals surface area contributed by atoms with Crippen LogP contribution in [0.1, 0.15) is 33.5 Å². The first kappa shape index (κ1) is 22.6. The summed E-state index contributed by atoms with van der Waals surface area (Å²) in [5, 5.41) is 2.97. The molecule has 1 N–H and O–H groups in total. The van der Waals surface area contributed by atoms with Crippen LogP contribution in [0, 0.1) is 6.92 Å². The van der Waals surface area contributed by atoms with Gasteiger partial charge in [-0.2, -0.15) is 0 Å². The van der Waals surface area contributed by atoms with E-state index in [1.54, 1.807) is 0 Å². The maximum Gasteiger partial charge on any atom is 0.253 e. The molecule has 3 aromatic carbocycles. The lowest BCUT2D eigenvalue weighted by molar-refractivity contribution is -0.121. The lowest BCUT2D eigenvalue weighted by atomic mass is 10.1. The van der Waals surface area contributed by atoms with Crippen LogP contribution < -0.4 is 10.2 Å². The molecule has 2 amide bonds. The summed E-state index contributed by atoms with van der Waals surface area (Å²) in [6.07, 6.45) is 1.20. The monoisotopic (exact) mass is 441 g/mol. The van der Waals surface area contributed by atoms with Gasteiger partial charge in [0, 0.05) is 50.4 Å². The fourth-order valence-corrected chi connectivity index (χ4v) is 4.13. The molecule has 170 valence electrons. The van der Waals surface area contributed by atoms with E-state index in [4.69, 9.17) is 0 Å². The van der Waals surface area contributed by atoms with Crippen molar-refractivity contribution >= 4 is 17.5 Å². The number of hydrogen-bond acceptors (Lipinski definition) is 3. The third kappa shape index (κ3) is 6.22. The quantitative estimate of drug-likeness (QED) is 0.598. The fourth-order valence-electron chi connectivity index (χ4n) is 4.13. The van der Waals surface area contributed by atoms with Crippen LogP contribution in [-0.2, 0) is 17.8 Å². The van der Waals surface area contributed by atoms with Gasteiger partial charge in [0.25, 0.3) is 5.91 Å².